The van der Waals surface area contributed by atoms with Crippen LogP contribution in [0.25, 0.3) is 0 Å². The quantitative estimate of drug-likeness (QED) is 0.680. The minimum absolute atomic E-state index is 0.438. The molecule has 0 bridgehead atoms. The number of hydrogen-bond acceptors (Lipinski definition) is 3. The van der Waals surface area contributed by atoms with Gasteiger partial charge in [-0.25, -0.2) is 0 Å². The summed E-state index contributed by atoms with van der Waals surface area (Å²) in [6.07, 6.45) is 0.988. The van der Waals surface area contributed by atoms with E-state index < -0.39 is 0 Å². The summed E-state index contributed by atoms with van der Waals surface area (Å²) in [6.45, 7) is 3.36. The van der Waals surface area contributed by atoms with Crippen LogP contribution in [0.4, 0.5) is 0 Å². The van der Waals surface area contributed by atoms with Crippen molar-refractivity contribution < 1.29 is 9.47 Å². The average Bonchev–Trinajstić information content (AvgIpc) is 2.96. The first-order chi connectivity index (χ1) is 9.33. The number of thiophene rings is 1. The molecular formula is C15H17ClO2S. The van der Waals surface area contributed by atoms with Gasteiger partial charge in [0, 0.05) is 11.6 Å². The molecule has 0 N–H and O–H groups in total. The van der Waals surface area contributed by atoms with Crippen molar-refractivity contribution in [1.82, 2.24) is 0 Å². The third-order valence-electron chi connectivity index (χ3n) is 2.63. The van der Waals surface area contributed by atoms with Gasteiger partial charge >= 0.3 is 0 Å². The maximum atomic E-state index is 5.93. The van der Waals surface area contributed by atoms with Gasteiger partial charge in [-0.15, -0.1) is 11.6 Å². The van der Waals surface area contributed by atoms with E-state index in [1.54, 1.807) is 11.3 Å². The van der Waals surface area contributed by atoms with Crippen LogP contribution in [-0.2, 0) is 12.5 Å². The summed E-state index contributed by atoms with van der Waals surface area (Å²) in [5.74, 6) is 2.07. The number of rotatable bonds is 7. The van der Waals surface area contributed by atoms with Crippen molar-refractivity contribution in [3.8, 4) is 11.5 Å². The van der Waals surface area contributed by atoms with Crippen LogP contribution in [0.3, 0.4) is 0 Å². The smallest absolute Gasteiger partial charge is 0.127 e. The number of halogens is 1. The van der Waals surface area contributed by atoms with E-state index in [9.17, 15) is 0 Å². The fraction of sp³-hybridized carbons (Fsp3) is 0.333. The summed E-state index contributed by atoms with van der Waals surface area (Å²) in [5.41, 5.74) is 2.16. The molecule has 2 rings (SSSR count). The Balaban J connectivity index is 2.07. The molecule has 0 aliphatic rings. The Morgan fingerprint density at radius 2 is 2.11 bits per heavy atom. The number of alkyl halides is 1. The van der Waals surface area contributed by atoms with Gasteiger partial charge in [0.05, 0.1) is 12.5 Å². The Hall–Kier alpha value is -1.19. The van der Waals surface area contributed by atoms with E-state index in [-0.39, 0.29) is 0 Å². The monoisotopic (exact) mass is 296 g/mol. The molecule has 1 aromatic heterocycles. The molecule has 102 valence electrons. The van der Waals surface area contributed by atoms with Gasteiger partial charge < -0.3 is 9.47 Å². The van der Waals surface area contributed by atoms with Gasteiger partial charge in [0.1, 0.15) is 18.1 Å². The minimum Gasteiger partial charge on any atom is -0.493 e. The second-order valence-electron chi connectivity index (χ2n) is 4.17. The highest BCUT2D eigenvalue weighted by Crippen LogP contribution is 2.27. The molecule has 0 atom stereocenters. The second kappa shape index (κ2) is 7.41. The SMILES string of the molecule is CCCOc1ccc(CCl)c(OCc2ccsc2)c1. The topological polar surface area (TPSA) is 18.5 Å². The van der Waals surface area contributed by atoms with Crippen LogP contribution in [0.5, 0.6) is 11.5 Å². The fourth-order valence-corrected chi connectivity index (χ4v) is 2.50. The molecule has 2 nitrogen and oxygen atoms in total. The van der Waals surface area contributed by atoms with Crippen molar-refractivity contribution in [2.24, 2.45) is 0 Å². The maximum Gasteiger partial charge on any atom is 0.127 e. The lowest BCUT2D eigenvalue weighted by atomic mass is 10.2. The molecule has 0 unspecified atom stereocenters. The molecule has 0 radical (unpaired) electrons. The first-order valence-corrected chi connectivity index (χ1v) is 7.76. The van der Waals surface area contributed by atoms with Crippen molar-refractivity contribution in [1.29, 1.82) is 0 Å². The normalized spacial score (nSPS) is 10.4. The third-order valence-corrected chi connectivity index (χ3v) is 3.65. The van der Waals surface area contributed by atoms with E-state index in [2.05, 4.69) is 18.4 Å². The van der Waals surface area contributed by atoms with E-state index in [0.29, 0.717) is 19.1 Å². The van der Waals surface area contributed by atoms with Crippen molar-refractivity contribution in [2.45, 2.75) is 25.8 Å². The highest BCUT2D eigenvalue weighted by Gasteiger charge is 2.06. The van der Waals surface area contributed by atoms with Gasteiger partial charge in [0.2, 0.25) is 0 Å². The molecular weight excluding hydrogens is 280 g/mol. The Labute approximate surface area is 122 Å². The zero-order chi connectivity index (χ0) is 13.5. The van der Waals surface area contributed by atoms with E-state index in [0.717, 1.165) is 23.5 Å². The molecule has 0 saturated heterocycles. The lowest BCUT2D eigenvalue weighted by Crippen LogP contribution is -1.99. The predicted octanol–water partition coefficient (Wildman–Crippen LogP) is 4.85. The zero-order valence-electron chi connectivity index (χ0n) is 10.9. The van der Waals surface area contributed by atoms with Crippen molar-refractivity contribution in [2.75, 3.05) is 6.61 Å². The van der Waals surface area contributed by atoms with Gasteiger partial charge in [0.25, 0.3) is 0 Å². The molecule has 0 fully saturated rings. The van der Waals surface area contributed by atoms with Gasteiger partial charge in [-0.3, -0.25) is 0 Å². The molecule has 2 aromatic rings. The summed E-state index contributed by atoms with van der Waals surface area (Å²) in [7, 11) is 0. The van der Waals surface area contributed by atoms with E-state index in [4.69, 9.17) is 21.1 Å². The van der Waals surface area contributed by atoms with E-state index >= 15 is 0 Å². The molecule has 0 aliphatic carbocycles. The largest absolute Gasteiger partial charge is 0.493 e. The first kappa shape index (κ1) is 14.2. The molecule has 4 heteroatoms. The van der Waals surface area contributed by atoms with Crippen LogP contribution in [0.2, 0.25) is 0 Å². The van der Waals surface area contributed by atoms with Crippen LogP contribution in [-0.4, -0.2) is 6.61 Å². The molecule has 0 spiro atoms. The summed E-state index contributed by atoms with van der Waals surface area (Å²) < 4.78 is 11.4. The molecule has 0 saturated carbocycles. The van der Waals surface area contributed by atoms with Crippen molar-refractivity contribution >= 4 is 22.9 Å². The number of benzene rings is 1. The predicted molar refractivity (Wildman–Crippen MR) is 80.4 cm³/mol. The van der Waals surface area contributed by atoms with E-state index in [1.807, 2.05) is 23.6 Å². The standard InChI is InChI=1S/C15H17ClO2S/c1-2-6-17-14-4-3-13(9-16)15(8-14)18-10-12-5-7-19-11-12/h3-5,7-8,11H,2,6,9-10H2,1H3. The maximum absolute atomic E-state index is 5.93. The van der Waals surface area contributed by atoms with Crippen LogP contribution in [0.1, 0.15) is 24.5 Å². The van der Waals surface area contributed by atoms with Gasteiger partial charge in [-0.2, -0.15) is 11.3 Å². The van der Waals surface area contributed by atoms with E-state index in [1.165, 1.54) is 5.56 Å². The molecule has 0 amide bonds. The minimum atomic E-state index is 0.438. The summed E-state index contributed by atoms with van der Waals surface area (Å²) in [5, 5.41) is 4.12. The Morgan fingerprint density at radius 3 is 2.79 bits per heavy atom. The fourth-order valence-electron chi connectivity index (χ4n) is 1.63. The Kier molecular flexibility index (Phi) is 5.55. The lowest BCUT2D eigenvalue weighted by molar-refractivity contribution is 0.293. The van der Waals surface area contributed by atoms with Crippen LogP contribution in [0.15, 0.2) is 35.0 Å². The summed E-state index contributed by atoms with van der Waals surface area (Å²) in [4.78, 5) is 0. The highest BCUT2D eigenvalue weighted by atomic mass is 35.5. The first-order valence-electron chi connectivity index (χ1n) is 6.29. The molecule has 1 aromatic carbocycles. The van der Waals surface area contributed by atoms with Crippen LogP contribution < -0.4 is 9.47 Å². The molecule has 19 heavy (non-hydrogen) atoms. The summed E-state index contributed by atoms with van der Waals surface area (Å²) >= 11 is 7.60. The molecule has 0 aliphatic heterocycles. The highest BCUT2D eigenvalue weighted by molar-refractivity contribution is 7.07. The second-order valence-corrected chi connectivity index (χ2v) is 5.22. The molecule has 1 heterocycles. The van der Waals surface area contributed by atoms with Gasteiger partial charge in [-0.05, 0) is 34.9 Å². The zero-order valence-corrected chi connectivity index (χ0v) is 12.5. The van der Waals surface area contributed by atoms with Crippen molar-refractivity contribution in [3.05, 3.63) is 46.2 Å². The van der Waals surface area contributed by atoms with Crippen LogP contribution in [0, 0.1) is 0 Å². The number of hydrogen-bond donors (Lipinski definition) is 0. The van der Waals surface area contributed by atoms with Crippen LogP contribution >= 0.6 is 22.9 Å². The third kappa shape index (κ3) is 4.15. The Bertz CT molecular complexity index is 497. The number of ether oxygens (including phenoxy) is 2. The summed E-state index contributed by atoms with van der Waals surface area (Å²) in [6, 6.07) is 7.87. The average molecular weight is 297 g/mol. The van der Waals surface area contributed by atoms with Crippen molar-refractivity contribution in [3.63, 3.8) is 0 Å². The lowest BCUT2D eigenvalue weighted by Gasteiger charge is -2.12. The van der Waals surface area contributed by atoms with Gasteiger partial charge in [-0.1, -0.05) is 13.0 Å². The van der Waals surface area contributed by atoms with Gasteiger partial charge in [0.15, 0.2) is 0 Å². The Morgan fingerprint density at radius 1 is 1.21 bits per heavy atom.